The smallest absolute Gasteiger partial charge is 0.242 e. The molecular formula is C13H19N5OS. The number of hydrogen-bond donors (Lipinski definition) is 1. The predicted molar refractivity (Wildman–Crippen MR) is 81.2 cm³/mol. The molecule has 20 heavy (non-hydrogen) atoms. The highest BCUT2D eigenvalue weighted by Gasteiger charge is 2.15. The molecular weight excluding hydrogens is 274 g/mol. The lowest BCUT2D eigenvalue weighted by atomic mass is 10.3. The Hall–Kier alpha value is -1.89. The van der Waals surface area contributed by atoms with E-state index in [0.29, 0.717) is 23.9 Å². The van der Waals surface area contributed by atoms with Crippen molar-refractivity contribution in [3.8, 4) is 5.88 Å². The maximum atomic E-state index is 6.10. The summed E-state index contributed by atoms with van der Waals surface area (Å²) in [4.78, 5) is 15.7. The van der Waals surface area contributed by atoms with Crippen molar-refractivity contribution in [3.63, 3.8) is 0 Å². The fourth-order valence-electron chi connectivity index (χ4n) is 1.76. The lowest BCUT2D eigenvalue weighted by Gasteiger charge is -2.20. The van der Waals surface area contributed by atoms with Crippen LogP contribution >= 0.6 is 11.3 Å². The first-order chi connectivity index (χ1) is 9.49. The van der Waals surface area contributed by atoms with E-state index in [1.165, 1.54) is 11.2 Å². The molecule has 2 aromatic heterocycles. The van der Waals surface area contributed by atoms with Gasteiger partial charge in [-0.3, -0.25) is 0 Å². The zero-order valence-corrected chi connectivity index (χ0v) is 12.9. The number of ether oxygens (including phenoxy) is 1. The van der Waals surface area contributed by atoms with Crippen LogP contribution in [0.15, 0.2) is 11.8 Å². The quantitative estimate of drug-likeness (QED) is 0.911. The van der Waals surface area contributed by atoms with Gasteiger partial charge in [-0.2, -0.15) is 4.98 Å². The summed E-state index contributed by atoms with van der Waals surface area (Å²) in [5.41, 5.74) is 9.44. The first kappa shape index (κ1) is 14.5. The first-order valence-corrected chi connectivity index (χ1v) is 7.24. The first-order valence-electron chi connectivity index (χ1n) is 6.36. The summed E-state index contributed by atoms with van der Waals surface area (Å²) in [5, 5.41) is 0. The van der Waals surface area contributed by atoms with Crippen molar-refractivity contribution in [2.24, 2.45) is 0 Å². The van der Waals surface area contributed by atoms with Gasteiger partial charge in [0.25, 0.3) is 0 Å². The second kappa shape index (κ2) is 6.04. The second-order valence-electron chi connectivity index (χ2n) is 4.80. The summed E-state index contributed by atoms with van der Waals surface area (Å²) >= 11 is 1.62. The highest BCUT2D eigenvalue weighted by Crippen LogP contribution is 2.29. The molecule has 6 nitrogen and oxygen atoms in total. The van der Waals surface area contributed by atoms with Gasteiger partial charge in [0.1, 0.15) is 12.0 Å². The van der Waals surface area contributed by atoms with Gasteiger partial charge in [0, 0.05) is 11.9 Å². The van der Waals surface area contributed by atoms with E-state index in [0.717, 1.165) is 5.69 Å². The van der Waals surface area contributed by atoms with Crippen LogP contribution in [0.5, 0.6) is 5.88 Å². The van der Waals surface area contributed by atoms with Crippen molar-refractivity contribution < 1.29 is 4.74 Å². The van der Waals surface area contributed by atoms with E-state index < -0.39 is 0 Å². The highest BCUT2D eigenvalue weighted by atomic mass is 32.1. The monoisotopic (exact) mass is 293 g/mol. The molecule has 0 saturated heterocycles. The minimum absolute atomic E-state index is 0.0223. The summed E-state index contributed by atoms with van der Waals surface area (Å²) in [6, 6.07) is 0. The molecule has 0 saturated carbocycles. The molecule has 0 fully saturated rings. The van der Waals surface area contributed by atoms with Crippen molar-refractivity contribution in [2.75, 3.05) is 17.7 Å². The number of anilines is 2. The number of thiazole rings is 1. The molecule has 2 aromatic rings. The zero-order valence-electron chi connectivity index (χ0n) is 12.1. The largest absolute Gasteiger partial charge is 0.473 e. The molecule has 2 heterocycles. The Bertz CT molecular complexity index is 584. The molecule has 2 N–H and O–H groups in total. The molecule has 0 radical (unpaired) electrons. The highest BCUT2D eigenvalue weighted by molar-refractivity contribution is 7.09. The third kappa shape index (κ3) is 3.16. The molecule has 0 aliphatic rings. The molecule has 0 spiro atoms. The van der Waals surface area contributed by atoms with Gasteiger partial charge in [-0.25, -0.2) is 9.97 Å². The van der Waals surface area contributed by atoms with Crippen LogP contribution in [0.1, 0.15) is 24.4 Å². The fourth-order valence-corrected chi connectivity index (χ4v) is 2.59. The summed E-state index contributed by atoms with van der Waals surface area (Å²) in [7, 11) is 1.94. The molecule has 0 amide bonds. The van der Waals surface area contributed by atoms with Gasteiger partial charge in [-0.1, -0.05) is 0 Å². The van der Waals surface area contributed by atoms with Crippen LogP contribution in [0.2, 0.25) is 0 Å². The van der Waals surface area contributed by atoms with Crippen molar-refractivity contribution >= 4 is 22.8 Å². The Balaban J connectivity index is 2.21. The maximum absolute atomic E-state index is 6.10. The third-order valence-corrected chi connectivity index (χ3v) is 3.68. The van der Waals surface area contributed by atoms with Gasteiger partial charge in [0.15, 0.2) is 5.82 Å². The molecule has 0 aromatic carbocycles. The molecule has 0 aliphatic heterocycles. The van der Waals surface area contributed by atoms with Crippen molar-refractivity contribution in [1.29, 1.82) is 0 Å². The van der Waals surface area contributed by atoms with Crippen LogP contribution in [0.25, 0.3) is 0 Å². The Morgan fingerprint density at radius 1 is 1.35 bits per heavy atom. The minimum atomic E-state index is 0.0223. The third-order valence-electron chi connectivity index (χ3n) is 2.76. The van der Waals surface area contributed by atoms with Crippen molar-refractivity contribution in [2.45, 2.75) is 33.4 Å². The number of nitrogens with two attached hydrogens (primary N) is 1. The predicted octanol–water partition coefficient (Wildman–Crippen LogP) is 2.25. The lowest BCUT2D eigenvalue weighted by molar-refractivity contribution is 0.234. The normalized spacial score (nSPS) is 10.8. The van der Waals surface area contributed by atoms with Crippen molar-refractivity contribution in [3.05, 3.63) is 22.4 Å². The molecule has 108 valence electrons. The zero-order chi connectivity index (χ0) is 14.7. The van der Waals surface area contributed by atoms with Gasteiger partial charge < -0.3 is 15.4 Å². The average molecular weight is 293 g/mol. The van der Waals surface area contributed by atoms with Crippen LogP contribution in [0, 0.1) is 6.92 Å². The SMILES string of the molecule is Cc1ncsc1CN(C)c1ncnc(OC(C)C)c1N. The Morgan fingerprint density at radius 3 is 2.70 bits per heavy atom. The van der Waals surface area contributed by atoms with Crippen LogP contribution in [0.3, 0.4) is 0 Å². The van der Waals surface area contributed by atoms with Crippen LogP contribution in [-0.4, -0.2) is 28.1 Å². The fraction of sp³-hybridized carbons (Fsp3) is 0.462. The number of aromatic nitrogens is 3. The lowest BCUT2D eigenvalue weighted by Crippen LogP contribution is -2.20. The van der Waals surface area contributed by atoms with E-state index in [2.05, 4.69) is 15.0 Å². The summed E-state index contributed by atoms with van der Waals surface area (Å²) in [6.45, 7) is 6.58. The molecule has 0 bridgehead atoms. The van der Waals surface area contributed by atoms with Crippen LogP contribution in [0.4, 0.5) is 11.5 Å². The number of nitrogen functional groups attached to an aromatic ring is 1. The number of hydrogen-bond acceptors (Lipinski definition) is 7. The standard InChI is InChI=1S/C13H19N5OS/c1-8(2)19-13-11(14)12(15-6-16-13)18(4)5-10-9(3)17-7-20-10/h6-8H,5,14H2,1-4H3. The Morgan fingerprint density at radius 2 is 2.10 bits per heavy atom. The molecule has 0 aliphatic carbocycles. The maximum Gasteiger partial charge on any atom is 0.242 e. The van der Waals surface area contributed by atoms with Gasteiger partial charge in [-0.15, -0.1) is 11.3 Å². The van der Waals surface area contributed by atoms with E-state index in [9.17, 15) is 0 Å². The number of nitrogens with zero attached hydrogens (tertiary/aromatic N) is 4. The number of aryl methyl sites for hydroxylation is 1. The van der Waals surface area contributed by atoms with E-state index in [1.54, 1.807) is 11.3 Å². The van der Waals surface area contributed by atoms with E-state index >= 15 is 0 Å². The summed E-state index contributed by atoms with van der Waals surface area (Å²) in [5.74, 6) is 1.10. The van der Waals surface area contributed by atoms with Gasteiger partial charge in [0.2, 0.25) is 5.88 Å². The van der Waals surface area contributed by atoms with Crippen LogP contribution < -0.4 is 15.4 Å². The van der Waals surface area contributed by atoms with Gasteiger partial charge >= 0.3 is 0 Å². The van der Waals surface area contributed by atoms with Gasteiger partial charge in [-0.05, 0) is 20.8 Å². The Kier molecular flexibility index (Phi) is 4.39. The van der Waals surface area contributed by atoms with E-state index in [1.807, 2.05) is 38.2 Å². The van der Waals surface area contributed by atoms with E-state index in [-0.39, 0.29) is 6.10 Å². The second-order valence-corrected chi connectivity index (χ2v) is 5.74. The molecule has 0 atom stereocenters. The average Bonchev–Trinajstić information content (AvgIpc) is 2.77. The topological polar surface area (TPSA) is 77.2 Å². The van der Waals surface area contributed by atoms with E-state index in [4.69, 9.17) is 10.5 Å². The Labute approximate surface area is 122 Å². The van der Waals surface area contributed by atoms with Crippen LogP contribution in [-0.2, 0) is 6.54 Å². The van der Waals surface area contributed by atoms with Crippen molar-refractivity contribution in [1.82, 2.24) is 15.0 Å². The molecule has 0 unspecified atom stereocenters. The number of rotatable bonds is 5. The molecule has 7 heteroatoms. The minimum Gasteiger partial charge on any atom is -0.473 e. The van der Waals surface area contributed by atoms with Gasteiger partial charge in [0.05, 0.1) is 23.9 Å². The summed E-state index contributed by atoms with van der Waals surface area (Å²) < 4.78 is 5.58. The molecule has 2 rings (SSSR count). The summed E-state index contributed by atoms with van der Waals surface area (Å²) in [6.07, 6.45) is 1.49.